The predicted octanol–water partition coefficient (Wildman–Crippen LogP) is 4.67. The van der Waals surface area contributed by atoms with Gasteiger partial charge in [0.25, 0.3) is 0 Å². The number of fused-ring (bicyclic) bond motifs is 3. The van der Waals surface area contributed by atoms with E-state index in [0.717, 1.165) is 27.4 Å². The highest BCUT2D eigenvalue weighted by Gasteiger charge is 2.13. The molecule has 1 aromatic heterocycles. The largest absolute Gasteiger partial charge is 0.497 e. The normalized spacial score (nSPS) is 11.0. The van der Waals surface area contributed by atoms with E-state index in [4.69, 9.17) is 13.9 Å². The van der Waals surface area contributed by atoms with E-state index in [1.165, 1.54) is 0 Å². The lowest BCUT2D eigenvalue weighted by Gasteiger charge is -2.05. The average Bonchev–Trinajstić information content (AvgIpc) is 3.06. The first-order valence-corrected chi connectivity index (χ1v) is 7.30. The Kier molecular flexibility index (Phi) is 3.15. The molecule has 114 valence electrons. The first-order chi connectivity index (χ1) is 11.3. The van der Waals surface area contributed by atoms with Gasteiger partial charge in [0.05, 0.1) is 14.2 Å². The maximum atomic E-state index is 5.94. The lowest BCUT2D eigenvalue weighted by molar-refractivity contribution is 0.394. The van der Waals surface area contributed by atoms with E-state index in [9.17, 15) is 0 Å². The van der Waals surface area contributed by atoms with Gasteiger partial charge < -0.3 is 13.9 Å². The number of hydrogen-bond donors (Lipinski definition) is 0. The first kappa shape index (κ1) is 13.6. The van der Waals surface area contributed by atoms with Crippen LogP contribution in [0.3, 0.4) is 0 Å². The third-order valence-corrected chi connectivity index (χ3v) is 3.88. The van der Waals surface area contributed by atoms with E-state index < -0.39 is 0 Å². The quantitative estimate of drug-likeness (QED) is 0.552. The Labute approximate surface area is 133 Å². The number of rotatable bonds is 3. The molecule has 23 heavy (non-hydrogen) atoms. The van der Waals surface area contributed by atoms with Crippen LogP contribution in [0.5, 0.6) is 11.5 Å². The van der Waals surface area contributed by atoms with E-state index in [0.29, 0.717) is 17.4 Å². The second kappa shape index (κ2) is 5.32. The summed E-state index contributed by atoms with van der Waals surface area (Å²) in [6.07, 6.45) is 0. The highest BCUT2D eigenvalue weighted by Crippen LogP contribution is 2.33. The van der Waals surface area contributed by atoms with Crippen LogP contribution in [0.25, 0.3) is 33.3 Å². The van der Waals surface area contributed by atoms with Gasteiger partial charge in [-0.05, 0) is 23.6 Å². The number of methoxy groups -OCH3 is 2. The standard InChI is InChI=1S/C19H15NO3/c1-21-14-9-13(10-15(11-14)22-2)19-20-18-16-6-4-3-5-12(16)7-8-17(18)23-19/h3-11H,1-2H3. The van der Waals surface area contributed by atoms with Crippen LogP contribution in [0.1, 0.15) is 0 Å². The molecule has 4 nitrogen and oxygen atoms in total. The summed E-state index contributed by atoms with van der Waals surface area (Å²) in [6, 6.07) is 17.7. The minimum Gasteiger partial charge on any atom is -0.497 e. The molecule has 0 saturated carbocycles. The Hall–Kier alpha value is -3.01. The summed E-state index contributed by atoms with van der Waals surface area (Å²) in [5.41, 5.74) is 2.45. The van der Waals surface area contributed by atoms with Crippen LogP contribution in [0.4, 0.5) is 0 Å². The molecule has 3 aromatic carbocycles. The van der Waals surface area contributed by atoms with E-state index in [1.807, 2.05) is 42.5 Å². The summed E-state index contributed by atoms with van der Waals surface area (Å²) in [5, 5.41) is 2.22. The third-order valence-electron chi connectivity index (χ3n) is 3.88. The molecule has 4 heteroatoms. The van der Waals surface area contributed by atoms with E-state index >= 15 is 0 Å². The van der Waals surface area contributed by atoms with Gasteiger partial charge in [0.1, 0.15) is 17.0 Å². The molecule has 0 fully saturated rings. The number of benzene rings is 3. The van der Waals surface area contributed by atoms with Crippen molar-refractivity contribution in [2.45, 2.75) is 0 Å². The summed E-state index contributed by atoms with van der Waals surface area (Å²) in [5.74, 6) is 1.95. The molecule has 0 radical (unpaired) electrons. The van der Waals surface area contributed by atoms with Crippen molar-refractivity contribution >= 4 is 21.9 Å². The zero-order valence-electron chi connectivity index (χ0n) is 12.9. The zero-order chi connectivity index (χ0) is 15.8. The number of aromatic nitrogens is 1. The summed E-state index contributed by atoms with van der Waals surface area (Å²) in [6.45, 7) is 0. The van der Waals surface area contributed by atoms with Gasteiger partial charge in [0.15, 0.2) is 5.58 Å². The van der Waals surface area contributed by atoms with Gasteiger partial charge in [-0.1, -0.05) is 30.3 Å². The highest BCUT2D eigenvalue weighted by atomic mass is 16.5. The van der Waals surface area contributed by atoms with Crippen LogP contribution in [0, 0.1) is 0 Å². The molecule has 0 atom stereocenters. The molecule has 0 aliphatic rings. The fraction of sp³-hybridized carbons (Fsp3) is 0.105. The molecule has 0 unspecified atom stereocenters. The first-order valence-electron chi connectivity index (χ1n) is 7.30. The van der Waals surface area contributed by atoms with Gasteiger partial charge in [-0.15, -0.1) is 0 Å². The van der Waals surface area contributed by atoms with Gasteiger partial charge in [-0.25, -0.2) is 4.98 Å². The van der Waals surface area contributed by atoms with Crippen LogP contribution in [-0.2, 0) is 0 Å². The summed E-state index contributed by atoms with van der Waals surface area (Å²) in [7, 11) is 3.25. The Morgan fingerprint density at radius 2 is 1.61 bits per heavy atom. The molecular formula is C19H15NO3. The van der Waals surface area contributed by atoms with Crippen molar-refractivity contribution in [2.24, 2.45) is 0 Å². The molecule has 0 N–H and O–H groups in total. The summed E-state index contributed by atoms with van der Waals surface area (Å²) >= 11 is 0. The number of ether oxygens (including phenoxy) is 2. The maximum absolute atomic E-state index is 5.94. The Bertz CT molecular complexity index is 982. The minimum absolute atomic E-state index is 0.550. The Morgan fingerprint density at radius 1 is 0.870 bits per heavy atom. The van der Waals surface area contributed by atoms with Crippen LogP contribution in [-0.4, -0.2) is 19.2 Å². The predicted molar refractivity (Wildman–Crippen MR) is 90.1 cm³/mol. The monoisotopic (exact) mass is 305 g/mol. The zero-order valence-corrected chi connectivity index (χ0v) is 12.9. The molecule has 4 rings (SSSR count). The second-order valence-corrected chi connectivity index (χ2v) is 5.25. The smallest absolute Gasteiger partial charge is 0.227 e. The molecule has 0 aliphatic carbocycles. The van der Waals surface area contributed by atoms with Crippen LogP contribution >= 0.6 is 0 Å². The molecular weight excluding hydrogens is 290 g/mol. The van der Waals surface area contributed by atoms with Gasteiger partial charge >= 0.3 is 0 Å². The molecule has 0 aliphatic heterocycles. The summed E-state index contributed by atoms with van der Waals surface area (Å²) < 4.78 is 16.6. The van der Waals surface area contributed by atoms with E-state index in [2.05, 4.69) is 17.1 Å². The SMILES string of the molecule is COc1cc(OC)cc(-c2nc3c(ccc4ccccc43)o2)c1. The summed E-state index contributed by atoms with van der Waals surface area (Å²) in [4.78, 5) is 4.68. The Morgan fingerprint density at radius 3 is 2.35 bits per heavy atom. The highest BCUT2D eigenvalue weighted by molar-refractivity contribution is 6.03. The van der Waals surface area contributed by atoms with Crippen LogP contribution in [0.15, 0.2) is 59.0 Å². The van der Waals surface area contributed by atoms with Gasteiger partial charge in [-0.3, -0.25) is 0 Å². The lowest BCUT2D eigenvalue weighted by atomic mass is 10.1. The van der Waals surface area contributed by atoms with Crippen molar-refractivity contribution in [3.8, 4) is 23.0 Å². The topological polar surface area (TPSA) is 44.5 Å². The van der Waals surface area contributed by atoms with Crippen molar-refractivity contribution in [3.05, 3.63) is 54.6 Å². The van der Waals surface area contributed by atoms with Gasteiger partial charge in [0, 0.05) is 17.0 Å². The number of oxazole rings is 1. The minimum atomic E-state index is 0.550. The molecule has 0 amide bonds. The molecule has 0 spiro atoms. The number of nitrogens with zero attached hydrogens (tertiary/aromatic N) is 1. The van der Waals surface area contributed by atoms with Crippen molar-refractivity contribution in [1.82, 2.24) is 4.98 Å². The van der Waals surface area contributed by atoms with Crippen molar-refractivity contribution < 1.29 is 13.9 Å². The third kappa shape index (κ3) is 2.28. The maximum Gasteiger partial charge on any atom is 0.227 e. The van der Waals surface area contributed by atoms with Crippen LogP contribution in [0.2, 0.25) is 0 Å². The van der Waals surface area contributed by atoms with Crippen molar-refractivity contribution in [1.29, 1.82) is 0 Å². The number of hydrogen-bond acceptors (Lipinski definition) is 4. The molecule has 0 bridgehead atoms. The van der Waals surface area contributed by atoms with Crippen molar-refractivity contribution in [2.75, 3.05) is 14.2 Å². The lowest BCUT2D eigenvalue weighted by Crippen LogP contribution is -1.88. The van der Waals surface area contributed by atoms with E-state index in [1.54, 1.807) is 14.2 Å². The van der Waals surface area contributed by atoms with Gasteiger partial charge in [0.2, 0.25) is 5.89 Å². The van der Waals surface area contributed by atoms with E-state index in [-0.39, 0.29) is 0 Å². The van der Waals surface area contributed by atoms with Crippen molar-refractivity contribution in [3.63, 3.8) is 0 Å². The molecule has 0 saturated heterocycles. The molecule has 4 aromatic rings. The second-order valence-electron chi connectivity index (χ2n) is 5.25. The van der Waals surface area contributed by atoms with Crippen LogP contribution < -0.4 is 9.47 Å². The average molecular weight is 305 g/mol. The van der Waals surface area contributed by atoms with Gasteiger partial charge in [-0.2, -0.15) is 0 Å². The Balaban J connectivity index is 1.94. The molecule has 1 heterocycles. The fourth-order valence-electron chi connectivity index (χ4n) is 2.72. The fourth-order valence-corrected chi connectivity index (χ4v) is 2.72.